The summed E-state index contributed by atoms with van der Waals surface area (Å²) in [6.45, 7) is 28.5. The van der Waals surface area contributed by atoms with E-state index in [1.165, 1.54) is 0 Å². The first-order chi connectivity index (χ1) is 6.00. The Morgan fingerprint density at radius 3 is 0.333 bits per heavy atom. The monoisotopic (exact) mass is 432 g/mol. The molecule has 0 aromatic carbocycles. The predicted octanol–water partition coefficient (Wildman–Crippen LogP) is -12.2. The molecule has 0 aliphatic carbocycles. The second kappa shape index (κ2) is 513. The molecule has 0 bridgehead atoms. The third kappa shape index (κ3) is 441. The van der Waals surface area contributed by atoms with Gasteiger partial charge in [0.15, 0.2) is 39.4 Å². The molecule has 6 radical (unpaired) electrons. The molecular formula is C6H2K4N6ORu+4. The van der Waals surface area contributed by atoms with Gasteiger partial charge < -0.3 is 5.48 Å². The summed E-state index contributed by atoms with van der Waals surface area (Å²) in [5.74, 6) is 0. The topological polar surface area (TPSA) is 174 Å². The van der Waals surface area contributed by atoms with Crippen LogP contribution in [-0.4, -0.2) is 5.48 Å². The Labute approximate surface area is 292 Å². The van der Waals surface area contributed by atoms with Gasteiger partial charge in [-0.3, -0.25) is 0 Å². The molecule has 7 nitrogen and oxygen atoms in total. The molecule has 2 N–H and O–H groups in total. The minimum absolute atomic E-state index is 0. The molecule has 12 heteroatoms. The first-order valence-electron chi connectivity index (χ1n) is 1.34. The molecule has 0 amide bonds. The zero-order valence-electron chi connectivity index (χ0n) is 10.5. The van der Waals surface area contributed by atoms with E-state index in [-0.39, 0.29) is 230 Å². The Hall–Kier alpha value is 4.07. The van der Waals surface area contributed by atoms with Crippen LogP contribution in [0.25, 0.3) is 0 Å². The second-order valence-corrected chi connectivity index (χ2v) is 0. The third-order valence-electron chi connectivity index (χ3n) is 0. The molecular weight excluding hydrogens is 430 g/mol. The molecule has 70 valence electrons. The molecule has 0 saturated heterocycles. The van der Waals surface area contributed by atoms with Gasteiger partial charge in [-0.15, -0.1) is 0 Å². The van der Waals surface area contributed by atoms with Crippen LogP contribution in [0.15, 0.2) is 0 Å². The molecule has 0 heterocycles. The van der Waals surface area contributed by atoms with Crippen molar-refractivity contribution in [3.8, 4) is 0 Å². The average molecular weight is 432 g/mol. The maximum Gasteiger partial charge on any atom is 1.00 e. The minimum atomic E-state index is 0. The largest absolute Gasteiger partial charge is 1.00 e. The van der Waals surface area contributed by atoms with Gasteiger partial charge in [0, 0.05) is 19.5 Å². The zero-order valence-corrected chi connectivity index (χ0v) is 24.8. The quantitative estimate of drug-likeness (QED) is 0.344. The summed E-state index contributed by atoms with van der Waals surface area (Å²) in [4.78, 5) is 0. The van der Waals surface area contributed by atoms with Crippen molar-refractivity contribution in [2.45, 2.75) is 0 Å². The molecule has 0 rings (SSSR count). The summed E-state index contributed by atoms with van der Waals surface area (Å²) in [6, 6.07) is 0. The first kappa shape index (κ1) is 96.6. The van der Waals surface area contributed by atoms with E-state index in [0.29, 0.717) is 0 Å². The molecule has 18 heavy (non-hydrogen) atoms. The summed E-state index contributed by atoms with van der Waals surface area (Å²) < 4.78 is 0. The van der Waals surface area contributed by atoms with Crippen molar-refractivity contribution in [2.24, 2.45) is 0 Å². The Balaban J connectivity index is -0.00000000225. The summed E-state index contributed by atoms with van der Waals surface area (Å²) >= 11 is 0. The molecule has 0 spiro atoms. The maximum atomic E-state index is 6.25. The zero-order chi connectivity index (χ0) is 12.0. The molecule has 0 aromatic rings. The van der Waals surface area contributed by atoms with Crippen molar-refractivity contribution in [3.63, 3.8) is 0 Å². The number of rotatable bonds is 0. The van der Waals surface area contributed by atoms with E-state index >= 15 is 0 Å². The number of hydrogen-bond acceptors (Lipinski definition) is 6. The fraction of sp³-hybridized carbons (Fsp3) is 0. The van der Waals surface area contributed by atoms with Crippen molar-refractivity contribution in [1.29, 1.82) is 31.6 Å². The van der Waals surface area contributed by atoms with E-state index in [9.17, 15) is 0 Å². The second-order valence-electron chi connectivity index (χ2n) is 0. The van der Waals surface area contributed by atoms with Crippen LogP contribution in [0.5, 0.6) is 0 Å². The van der Waals surface area contributed by atoms with Crippen molar-refractivity contribution < 1.29 is 230 Å². The fourth-order valence-electron chi connectivity index (χ4n) is 0. The molecule has 0 aliphatic rings. The Bertz CT molecular complexity index is 111. The van der Waals surface area contributed by atoms with Crippen LogP contribution in [-0.2, 0) is 19.5 Å². The standard InChI is InChI=1S/6CN.4K.H2O.Ru/c6*1-2;;;;;;/h;;;;;;;;;;1H2;/q;;;;;;4*+1;;. The summed E-state index contributed by atoms with van der Waals surface area (Å²) in [5, 5.41) is 37.5. The molecule has 0 aromatic heterocycles. The predicted molar refractivity (Wildman–Crippen MR) is 33.4 cm³/mol. The van der Waals surface area contributed by atoms with Gasteiger partial charge in [-0.25, -0.2) is 0 Å². The van der Waals surface area contributed by atoms with E-state index in [1.807, 2.05) is 0 Å². The van der Waals surface area contributed by atoms with Crippen molar-refractivity contribution >= 4 is 0 Å². The Morgan fingerprint density at radius 2 is 0.333 bits per heavy atom. The maximum absolute atomic E-state index is 6.25. The van der Waals surface area contributed by atoms with Gasteiger partial charge in [0.05, 0.1) is 0 Å². The van der Waals surface area contributed by atoms with E-state index < -0.39 is 0 Å². The van der Waals surface area contributed by atoms with Gasteiger partial charge in [-0.05, 0) is 0 Å². The van der Waals surface area contributed by atoms with Crippen LogP contribution >= 0.6 is 0 Å². The van der Waals surface area contributed by atoms with E-state index in [0.717, 1.165) is 0 Å². The van der Waals surface area contributed by atoms with E-state index in [1.54, 1.807) is 0 Å². The summed E-state index contributed by atoms with van der Waals surface area (Å²) in [6.07, 6.45) is 0. The average Bonchev–Trinajstić information content (AvgIpc) is 2.33. The first-order valence-corrected chi connectivity index (χ1v) is 1.34. The van der Waals surface area contributed by atoms with Crippen molar-refractivity contribution in [2.75, 3.05) is 0 Å². The molecule has 0 saturated carbocycles. The fourth-order valence-corrected chi connectivity index (χ4v) is 0. The van der Waals surface area contributed by atoms with Crippen LogP contribution < -0.4 is 206 Å². The van der Waals surface area contributed by atoms with E-state index in [4.69, 9.17) is 71.0 Å². The van der Waals surface area contributed by atoms with Crippen molar-refractivity contribution in [3.05, 3.63) is 39.4 Å². The molecule has 0 fully saturated rings. The van der Waals surface area contributed by atoms with Crippen LogP contribution in [0.3, 0.4) is 0 Å². The van der Waals surface area contributed by atoms with Crippen LogP contribution in [0.4, 0.5) is 0 Å². The normalized spacial score (nSPS) is 0.667. The summed E-state index contributed by atoms with van der Waals surface area (Å²) in [7, 11) is 0. The molecule has 0 atom stereocenters. The van der Waals surface area contributed by atoms with Gasteiger partial charge in [0.25, 0.3) is 0 Å². The SMILES string of the molecule is O.[C]#N.[C]#N.[C]#N.[C]#N.[C]#N.[C]#N.[K+].[K+].[K+].[K+].[Ru]. The smallest absolute Gasteiger partial charge is 0.412 e. The number of hydrogen-bond donors (Lipinski definition) is 0. The molecule has 0 aliphatic heterocycles. The van der Waals surface area contributed by atoms with Gasteiger partial charge in [-0.1, -0.05) is 0 Å². The Kier molecular flexibility index (Phi) is 2750. The van der Waals surface area contributed by atoms with Crippen LogP contribution in [0.2, 0.25) is 0 Å². The number of nitrogens with zero attached hydrogens (tertiary/aromatic N) is 6. The van der Waals surface area contributed by atoms with Crippen molar-refractivity contribution in [1.82, 2.24) is 0 Å². The molecule has 0 unspecified atom stereocenters. The van der Waals surface area contributed by atoms with Crippen LogP contribution in [0.1, 0.15) is 0 Å². The Morgan fingerprint density at radius 1 is 0.333 bits per heavy atom. The van der Waals surface area contributed by atoms with Gasteiger partial charge in [-0.2, -0.15) is 31.6 Å². The van der Waals surface area contributed by atoms with Gasteiger partial charge >= 0.3 is 206 Å². The minimum Gasteiger partial charge on any atom is -0.412 e. The summed E-state index contributed by atoms with van der Waals surface area (Å²) in [5.41, 5.74) is 0. The van der Waals surface area contributed by atoms with E-state index in [2.05, 4.69) is 0 Å². The third-order valence-corrected chi connectivity index (χ3v) is 0. The van der Waals surface area contributed by atoms with Gasteiger partial charge in [0.2, 0.25) is 0 Å². The van der Waals surface area contributed by atoms with Crippen LogP contribution in [0, 0.1) is 71.0 Å². The van der Waals surface area contributed by atoms with Gasteiger partial charge in [0.1, 0.15) is 0 Å².